The SMILES string of the molecule is COc1ccc([C@H]2CC[C@H](CC(=O)Nc3ccc(C#N)cc3)CC2)cc1Cl. The molecule has 5 heteroatoms. The molecule has 1 aliphatic carbocycles. The zero-order valence-corrected chi connectivity index (χ0v) is 16.1. The van der Waals surface area contributed by atoms with Crippen LogP contribution in [0.15, 0.2) is 42.5 Å². The topological polar surface area (TPSA) is 62.1 Å². The van der Waals surface area contributed by atoms with Crippen LogP contribution in [0.1, 0.15) is 49.1 Å². The minimum Gasteiger partial charge on any atom is -0.495 e. The highest BCUT2D eigenvalue weighted by atomic mass is 35.5. The molecule has 0 aromatic heterocycles. The number of methoxy groups -OCH3 is 1. The molecule has 0 heterocycles. The molecule has 27 heavy (non-hydrogen) atoms. The Morgan fingerprint density at radius 3 is 2.48 bits per heavy atom. The van der Waals surface area contributed by atoms with Gasteiger partial charge in [0, 0.05) is 12.1 Å². The van der Waals surface area contributed by atoms with Gasteiger partial charge in [-0.25, -0.2) is 0 Å². The smallest absolute Gasteiger partial charge is 0.224 e. The van der Waals surface area contributed by atoms with E-state index in [0.717, 1.165) is 31.4 Å². The first-order valence-electron chi connectivity index (χ1n) is 9.22. The fourth-order valence-corrected chi connectivity index (χ4v) is 4.00. The van der Waals surface area contributed by atoms with E-state index in [1.165, 1.54) is 5.56 Å². The van der Waals surface area contributed by atoms with Crippen molar-refractivity contribution in [2.75, 3.05) is 12.4 Å². The van der Waals surface area contributed by atoms with Crippen molar-refractivity contribution in [3.8, 4) is 11.8 Å². The number of amides is 1. The van der Waals surface area contributed by atoms with Crippen molar-refractivity contribution in [3.63, 3.8) is 0 Å². The van der Waals surface area contributed by atoms with Gasteiger partial charge >= 0.3 is 0 Å². The van der Waals surface area contributed by atoms with Gasteiger partial charge in [0.25, 0.3) is 0 Å². The monoisotopic (exact) mass is 382 g/mol. The van der Waals surface area contributed by atoms with Crippen molar-refractivity contribution in [2.45, 2.75) is 38.0 Å². The lowest BCUT2D eigenvalue weighted by Crippen LogP contribution is -2.20. The van der Waals surface area contributed by atoms with E-state index in [1.54, 1.807) is 31.4 Å². The molecule has 2 aromatic rings. The van der Waals surface area contributed by atoms with Crippen molar-refractivity contribution < 1.29 is 9.53 Å². The molecule has 1 fully saturated rings. The molecule has 0 bridgehead atoms. The summed E-state index contributed by atoms with van der Waals surface area (Å²) in [6.07, 6.45) is 4.75. The van der Waals surface area contributed by atoms with Crippen LogP contribution in [0.5, 0.6) is 5.75 Å². The number of hydrogen-bond donors (Lipinski definition) is 1. The number of hydrogen-bond acceptors (Lipinski definition) is 3. The molecule has 0 spiro atoms. The highest BCUT2D eigenvalue weighted by Crippen LogP contribution is 2.39. The quantitative estimate of drug-likeness (QED) is 0.740. The number of rotatable bonds is 5. The van der Waals surface area contributed by atoms with E-state index >= 15 is 0 Å². The maximum Gasteiger partial charge on any atom is 0.224 e. The van der Waals surface area contributed by atoms with Crippen LogP contribution in [0.25, 0.3) is 0 Å². The highest BCUT2D eigenvalue weighted by molar-refractivity contribution is 6.32. The fourth-order valence-electron chi connectivity index (χ4n) is 3.74. The zero-order chi connectivity index (χ0) is 19.2. The van der Waals surface area contributed by atoms with Crippen molar-refractivity contribution in [1.29, 1.82) is 5.26 Å². The number of carbonyl (C=O) groups excluding carboxylic acids is 1. The summed E-state index contributed by atoms with van der Waals surface area (Å²) in [4.78, 5) is 12.3. The lowest BCUT2D eigenvalue weighted by Gasteiger charge is -2.28. The first kappa shape index (κ1) is 19.3. The van der Waals surface area contributed by atoms with Crippen LogP contribution in [0.4, 0.5) is 5.69 Å². The first-order valence-corrected chi connectivity index (χ1v) is 9.60. The second-order valence-electron chi connectivity index (χ2n) is 7.05. The summed E-state index contributed by atoms with van der Waals surface area (Å²) in [7, 11) is 1.62. The average Bonchev–Trinajstić information content (AvgIpc) is 2.69. The van der Waals surface area contributed by atoms with Gasteiger partial charge in [-0.05, 0) is 79.5 Å². The van der Waals surface area contributed by atoms with Gasteiger partial charge in [-0.15, -0.1) is 0 Å². The van der Waals surface area contributed by atoms with E-state index in [0.29, 0.717) is 34.6 Å². The molecule has 1 N–H and O–H groups in total. The molecule has 0 atom stereocenters. The molecule has 3 rings (SSSR count). The molecule has 4 nitrogen and oxygen atoms in total. The van der Waals surface area contributed by atoms with E-state index in [1.807, 2.05) is 12.1 Å². The third kappa shape index (κ3) is 5.02. The molecule has 0 saturated heterocycles. The van der Waals surface area contributed by atoms with Gasteiger partial charge < -0.3 is 10.1 Å². The number of ether oxygens (including phenoxy) is 1. The van der Waals surface area contributed by atoms with Gasteiger partial charge in [0.2, 0.25) is 5.91 Å². The lowest BCUT2D eigenvalue weighted by molar-refractivity contribution is -0.117. The molecule has 140 valence electrons. The Balaban J connectivity index is 1.49. The summed E-state index contributed by atoms with van der Waals surface area (Å²) in [5, 5.41) is 12.4. The van der Waals surface area contributed by atoms with E-state index in [2.05, 4.69) is 17.5 Å². The summed E-state index contributed by atoms with van der Waals surface area (Å²) in [6, 6.07) is 15.0. The van der Waals surface area contributed by atoms with Gasteiger partial charge in [-0.1, -0.05) is 17.7 Å². The van der Waals surface area contributed by atoms with Crippen LogP contribution < -0.4 is 10.1 Å². The van der Waals surface area contributed by atoms with E-state index in [9.17, 15) is 4.79 Å². The molecule has 0 unspecified atom stereocenters. The molecular weight excluding hydrogens is 360 g/mol. The molecule has 2 aromatic carbocycles. The maximum atomic E-state index is 12.3. The molecule has 1 saturated carbocycles. The Bertz CT molecular complexity index is 834. The van der Waals surface area contributed by atoms with E-state index in [-0.39, 0.29) is 5.91 Å². The Morgan fingerprint density at radius 1 is 1.19 bits per heavy atom. The minimum absolute atomic E-state index is 0.0376. The Hall–Kier alpha value is -2.51. The Morgan fingerprint density at radius 2 is 1.89 bits per heavy atom. The summed E-state index contributed by atoms with van der Waals surface area (Å²) >= 11 is 6.25. The van der Waals surface area contributed by atoms with Crippen molar-refractivity contribution in [1.82, 2.24) is 0 Å². The number of nitrogens with one attached hydrogen (secondary N) is 1. The van der Waals surface area contributed by atoms with E-state index < -0.39 is 0 Å². The lowest BCUT2D eigenvalue weighted by atomic mass is 9.77. The highest BCUT2D eigenvalue weighted by Gasteiger charge is 2.24. The van der Waals surface area contributed by atoms with Crippen LogP contribution in [-0.2, 0) is 4.79 Å². The van der Waals surface area contributed by atoms with Crippen LogP contribution in [0.3, 0.4) is 0 Å². The first-order chi connectivity index (χ1) is 13.1. The van der Waals surface area contributed by atoms with Gasteiger partial charge in [0.05, 0.1) is 23.8 Å². The van der Waals surface area contributed by atoms with E-state index in [4.69, 9.17) is 21.6 Å². The third-order valence-corrected chi connectivity index (χ3v) is 5.56. The van der Waals surface area contributed by atoms with Crippen LogP contribution in [-0.4, -0.2) is 13.0 Å². The molecular formula is C22H23ClN2O2. The number of nitriles is 1. The standard InChI is InChI=1S/C22H23ClN2O2/c1-27-21-11-8-18(13-20(21)23)17-6-2-15(3-7-17)12-22(26)25-19-9-4-16(14-24)5-10-19/h4-5,8-11,13,15,17H,2-3,6-7,12H2,1H3,(H,25,26)/t15-,17-. The van der Waals surface area contributed by atoms with Gasteiger partial charge in [0.15, 0.2) is 0 Å². The molecule has 0 radical (unpaired) electrons. The summed E-state index contributed by atoms with van der Waals surface area (Å²) < 4.78 is 5.22. The fraction of sp³-hybridized carbons (Fsp3) is 0.364. The average molecular weight is 383 g/mol. The molecule has 0 aliphatic heterocycles. The van der Waals surface area contributed by atoms with Gasteiger partial charge in [-0.3, -0.25) is 4.79 Å². The Labute approximate surface area is 165 Å². The van der Waals surface area contributed by atoms with Crippen molar-refractivity contribution in [2.24, 2.45) is 5.92 Å². The number of nitrogens with zero attached hydrogens (tertiary/aromatic N) is 1. The normalized spacial score (nSPS) is 19.1. The Kier molecular flexibility index (Phi) is 6.36. The number of benzene rings is 2. The van der Waals surface area contributed by atoms with Crippen LogP contribution in [0, 0.1) is 17.2 Å². The summed E-state index contributed by atoms with van der Waals surface area (Å²) in [5.74, 6) is 1.64. The summed E-state index contributed by atoms with van der Waals surface area (Å²) in [5.41, 5.74) is 2.58. The third-order valence-electron chi connectivity index (χ3n) is 5.27. The minimum atomic E-state index is 0.0376. The predicted octanol–water partition coefficient (Wildman–Crippen LogP) is 5.52. The van der Waals surface area contributed by atoms with Crippen LogP contribution >= 0.6 is 11.6 Å². The van der Waals surface area contributed by atoms with Crippen molar-refractivity contribution in [3.05, 3.63) is 58.6 Å². The largest absolute Gasteiger partial charge is 0.495 e. The number of anilines is 1. The van der Waals surface area contributed by atoms with Crippen LogP contribution in [0.2, 0.25) is 5.02 Å². The molecule has 1 aliphatic rings. The second-order valence-corrected chi connectivity index (χ2v) is 7.46. The predicted molar refractivity (Wildman–Crippen MR) is 107 cm³/mol. The number of carbonyl (C=O) groups is 1. The number of halogens is 1. The zero-order valence-electron chi connectivity index (χ0n) is 15.4. The molecule has 1 amide bonds. The second kappa shape index (κ2) is 8.92. The van der Waals surface area contributed by atoms with Crippen molar-refractivity contribution >= 4 is 23.2 Å². The van der Waals surface area contributed by atoms with Gasteiger partial charge in [-0.2, -0.15) is 5.26 Å². The van der Waals surface area contributed by atoms with Gasteiger partial charge in [0.1, 0.15) is 5.75 Å². The maximum absolute atomic E-state index is 12.3. The summed E-state index contributed by atoms with van der Waals surface area (Å²) in [6.45, 7) is 0.